The maximum atomic E-state index is 12.2. The Morgan fingerprint density at radius 2 is 2.12 bits per heavy atom. The van der Waals surface area contributed by atoms with Crippen LogP contribution in [0.2, 0.25) is 0 Å². The predicted octanol–water partition coefficient (Wildman–Crippen LogP) is 3.70. The van der Waals surface area contributed by atoms with E-state index < -0.39 is 0 Å². The van der Waals surface area contributed by atoms with Crippen molar-refractivity contribution in [1.82, 2.24) is 4.90 Å². The number of alkyl halides is 1. The summed E-state index contributed by atoms with van der Waals surface area (Å²) < 4.78 is 0.939. The van der Waals surface area contributed by atoms with Crippen LogP contribution in [-0.2, 0) is 0 Å². The lowest BCUT2D eigenvalue weighted by atomic mass is 10.2. The lowest BCUT2D eigenvalue weighted by molar-refractivity contribution is 0.0766. The van der Waals surface area contributed by atoms with Crippen molar-refractivity contribution < 1.29 is 4.79 Å². The predicted molar refractivity (Wildman–Crippen MR) is 74.1 cm³/mol. The quantitative estimate of drug-likeness (QED) is 0.743. The fourth-order valence-electron chi connectivity index (χ4n) is 1.49. The van der Waals surface area contributed by atoms with E-state index in [9.17, 15) is 4.79 Å². The van der Waals surface area contributed by atoms with Gasteiger partial charge in [0.15, 0.2) is 0 Å². The molecule has 0 spiro atoms. The molecule has 0 fully saturated rings. The van der Waals surface area contributed by atoms with Crippen LogP contribution in [0.4, 0.5) is 0 Å². The van der Waals surface area contributed by atoms with Crippen molar-refractivity contribution in [2.45, 2.75) is 13.3 Å². The average Bonchev–Trinajstić information content (AvgIpc) is 2.28. The summed E-state index contributed by atoms with van der Waals surface area (Å²) in [5.41, 5.74) is 0.740. The molecular weight excluding hydrogens is 334 g/mol. The third-order valence-corrected chi connectivity index (χ3v) is 3.05. The summed E-state index contributed by atoms with van der Waals surface area (Å²) in [7, 11) is 0. The smallest absolute Gasteiger partial charge is 0.253 e. The number of amides is 1. The first-order chi connectivity index (χ1) is 7.69. The second kappa shape index (κ2) is 7.07. The van der Waals surface area contributed by atoms with E-state index in [-0.39, 0.29) is 5.91 Å². The number of rotatable bonds is 5. The Morgan fingerprint density at radius 3 is 2.69 bits per heavy atom. The first kappa shape index (κ1) is 13.7. The van der Waals surface area contributed by atoms with Gasteiger partial charge in [0.25, 0.3) is 5.91 Å². The van der Waals surface area contributed by atoms with Gasteiger partial charge in [0.05, 0.1) is 0 Å². The van der Waals surface area contributed by atoms with Crippen LogP contribution in [0.5, 0.6) is 0 Å². The van der Waals surface area contributed by atoms with Gasteiger partial charge in [-0.05, 0) is 24.6 Å². The molecule has 88 valence electrons. The van der Waals surface area contributed by atoms with Gasteiger partial charge in [-0.1, -0.05) is 44.8 Å². The van der Waals surface area contributed by atoms with Gasteiger partial charge in [-0.2, -0.15) is 0 Å². The molecule has 1 amide bonds. The van der Waals surface area contributed by atoms with E-state index in [0.29, 0.717) is 0 Å². The second-order valence-corrected chi connectivity index (χ2v) is 5.20. The van der Waals surface area contributed by atoms with Crippen molar-refractivity contribution in [3.8, 4) is 0 Å². The highest BCUT2D eigenvalue weighted by Crippen LogP contribution is 2.13. The maximum absolute atomic E-state index is 12.2. The summed E-state index contributed by atoms with van der Waals surface area (Å²) in [4.78, 5) is 14.0. The molecule has 1 aromatic rings. The highest BCUT2D eigenvalue weighted by molar-refractivity contribution is 9.10. The summed E-state index contributed by atoms with van der Waals surface area (Å²) in [6.07, 6.45) is 0.979. The topological polar surface area (TPSA) is 20.3 Å². The van der Waals surface area contributed by atoms with Crippen LogP contribution in [0.25, 0.3) is 0 Å². The van der Waals surface area contributed by atoms with E-state index in [4.69, 9.17) is 0 Å². The zero-order valence-corrected chi connectivity index (χ0v) is 12.4. The monoisotopic (exact) mass is 347 g/mol. The van der Waals surface area contributed by atoms with Crippen LogP contribution in [-0.4, -0.2) is 29.2 Å². The molecule has 0 unspecified atom stereocenters. The van der Waals surface area contributed by atoms with E-state index in [2.05, 4.69) is 38.8 Å². The molecule has 2 nitrogen and oxygen atoms in total. The zero-order valence-electron chi connectivity index (χ0n) is 9.25. The number of benzene rings is 1. The van der Waals surface area contributed by atoms with Gasteiger partial charge in [0.1, 0.15) is 0 Å². The van der Waals surface area contributed by atoms with Crippen LogP contribution in [0.1, 0.15) is 23.7 Å². The Kier molecular flexibility index (Phi) is 6.06. The second-order valence-electron chi connectivity index (χ2n) is 3.49. The van der Waals surface area contributed by atoms with Crippen molar-refractivity contribution in [3.63, 3.8) is 0 Å². The molecule has 0 saturated carbocycles. The van der Waals surface area contributed by atoms with Crippen LogP contribution in [0.3, 0.4) is 0 Å². The Bertz CT molecular complexity index is 349. The molecule has 0 N–H and O–H groups in total. The van der Waals surface area contributed by atoms with E-state index in [1.54, 1.807) is 0 Å². The number of halogens is 2. The van der Waals surface area contributed by atoms with Crippen molar-refractivity contribution in [2.24, 2.45) is 0 Å². The van der Waals surface area contributed by atoms with E-state index in [0.717, 1.165) is 34.9 Å². The average molecular weight is 349 g/mol. The molecule has 0 heterocycles. The number of nitrogens with zero attached hydrogens (tertiary/aromatic N) is 1. The van der Waals surface area contributed by atoms with Crippen LogP contribution >= 0.6 is 31.9 Å². The molecule has 0 radical (unpaired) electrons. The van der Waals surface area contributed by atoms with E-state index in [1.165, 1.54) is 0 Å². The first-order valence-electron chi connectivity index (χ1n) is 5.29. The standard InChI is InChI=1S/C12H15Br2NO/c1-2-7-15(8-6-13)12(16)10-4-3-5-11(14)9-10/h3-5,9H,2,6-8H2,1H3. The number of hydrogen-bond acceptors (Lipinski definition) is 1. The minimum atomic E-state index is 0.0996. The maximum Gasteiger partial charge on any atom is 0.253 e. The molecule has 4 heteroatoms. The lowest BCUT2D eigenvalue weighted by Crippen LogP contribution is -2.33. The van der Waals surface area contributed by atoms with Gasteiger partial charge in [-0.3, -0.25) is 4.79 Å². The summed E-state index contributed by atoms with van der Waals surface area (Å²) >= 11 is 6.75. The van der Waals surface area contributed by atoms with Crippen molar-refractivity contribution in [2.75, 3.05) is 18.4 Å². The van der Waals surface area contributed by atoms with E-state index >= 15 is 0 Å². The molecule has 0 bridgehead atoms. The Morgan fingerprint density at radius 1 is 1.38 bits per heavy atom. The largest absolute Gasteiger partial charge is 0.338 e. The van der Waals surface area contributed by atoms with Crippen molar-refractivity contribution in [3.05, 3.63) is 34.3 Å². The molecule has 0 aliphatic carbocycles. The highest BCUT2D eigenvalue weighted by atomic mass is 79.9. The molecule has 1 aromatic carbocycles. The van der Waals surface area contributed by atoms with Gasteiger partial charge < -0.3 is 4.90 Å². The SMILES string of the molecule is CCCN(CCBr)C(=O)c1cccc(Br)c1. The minimum absolute atomic E-state index is 0.0996. The van der Waals surface area contributed by atoms with Crippen LogP contribution in [0.15, 0.2) is 28.7 Å². The molecule has 0 atom stereocenters. The van der Waals surface area contributed by atoms with Crippen molar-refractivity contribution >= 4 is 37.8 Å². The van der Waals surface area contributed by atoms with Gasteiger partial charge >= 0.3 is 0 Å². The Balaban J connectivity index is 2.81. The normalized spacial score (nSPS) is 10.2. The highest BCUT2D eigenvalue weighted by Gasteiger charge is 2.14. The summed E-state index contributed by atoms with van der Waals surface area (Å²) in [6, 6.07) is 7.52. The third kappa shape index (κ3) is 3.91. The van der Waals surface area contributed by atoms with Crippen LogP contribution in [0, 0.1) is 0 Å². The van der Waals surface area contributed by atoms with E-state index in [1.807, 2.05) is 29.2 Å². The first-order valence-corrected chi connectivity index (χ1v) is 7.21. The Hall–Kier alpha value is -0.350. The zero-order chi connectivity index (χ0) is 12.0. The molecule has 0 aromatic heterocycles. The molecule has 0 aliphatic rings. The summed E-state index contributed by atoms with van der Waals surface area (Å²) in [5.74, 6) is 0.0996. The number of carbonyl (C=O) groups excluding carboxylic acids is 1. The van der Waals surface area contributed by atoms with Crippen molar-refractivity contribution in [1.29, 1.82) is 0 Å². The minimum Gasteiger partial charge on any atom is -0.338 e. The third-order valence-electron chi connectivity index (χ3n) is 2.21. The summed E-state index contributed by atoms with van der Waals surface area (Å²) in [6.45, 7) is 3.63. The molecule has 16 heavy (non-hydrogen) atoms. The summed E-state index contributed by atoms with van der Waals surface area (Å²) in [5, 5.41) is 0.812. The molecule has 1 rings (SSSR count). The number of carbonyl (C=O) groups is 1. The fraction of sp³-hybridized carbons (Fsp3) is 0.417. The van der Waals surface area contributed by atoms with Gasteiger partial charge in [0.2, 0.25) is 0 Å². The Labute approximate surface area is 113 Å². The molecule has 0 saturated heterocycles. The van der Waals surface area contributed by atoms with Gasteiger partial charge in [0, 0.05) is 28.5 Å². The van der Waals surface area contributed by atoms with Gasteiger partial charge in [-0.25, -0.2) is 0 Å². The fourth-order valence-corrected chi connectivity index (χ4v) is 2.32. The number of hydrogen-bond donors (Lipinski definition) is 0. The molecule has 0 aliphatic heterocycles. The van der Waals surface area contributed by atoms with Gasteiger partial charge in [-0.15, -0.1) is 0 Å². The molecular formula is C12H15Br2NO. The van der Waals surface area contributed by atoms with Crippen LogP contribution < -0.4 is 0 Å². The lowest BCUT2D eigenvalue weighted by Gasteiger charge is -2.21.